The standard InChI is InChI=1S/C16H20N4O2S2/c1-2-4-12-15(24-18-17-12)16(22)20-8-6-19(7-9-20)11-13(21)14-5-3-10-23-14/h3,5,10H,2,4,6-9,11H2,1H3. The molecule has 0 aromatic carbocycles. The van der Waals surface area contributed by atoms with Crippen molar-refractivity contribution in [2.45, 2.75) is 19.8 Å². The molecule has 0 unspecified atom stereocenters. The second kappa shape index (κ2) is 7.96. The number of piperazine rings is 1. The van der Waals surface area contributed by atoms with Crippen LogP contribution in [0.25, 0.3) is 0 Å². The van der Waals surface area contributed by atoms with Gasteiger partial charge in [-0.2, -0.15) is 0 Å². The molecule has 3 rings (SSSR count). The number of rotatable bonds is 6. The lowest BCUT2D eigenvalue weighted by atomic mass is 10.2. The molecular formula is C16H20N4O2S2. The highest BCUT2D eigenvalue weighted by atomic mass is 32.1. The number of carbonyl (C=O) groups is 2. The Balaban J connectivity index is 1.54. The van der Waals surface area contributed by atoms with E-state index < -0.39 is 0 Å². The van der Waals surface area contributed by atoms with E-state index in [1.807, 2.05) is 22.4 Å². The van der Waals surface area contributed by atoms with Crippen LogP contribution in [0.15, 0.2) is 17.5 Å². The number of amides is 1. The highest BCUT2D eigenvalue weighted by Gasteiger charge is 2.26. The number of ketones is 1. The predicted octanol–water partition coefficient (Wildman–Crippen LogP) is 2.19. The number of thiophene rings is 1. The third-order valence-corrected chi connectivity index (χ3v) is 5.73. The molecule has 2 aromatic heterocycles. The topological polar surface area (TPSA) is 66.4 Å². The van der Waals surface area contributed by atoms with E-state index in [-0.39, 0.29) is 11.7 Å². The molecule has 2 aromatic rings. The third-order valence-electron chi connectivity index (χ3n) is 4.06. The van der Waals surface area contributed by atoms with Crippen molar-refractivity contribution in [3.63, 3.8) is 0 Å². The van der Waals surface area contributed by atoms with Gasteiger partial charge in [-0.05, 0) is 29.4 Å². The monoisotopic (exact) mass is 364 g/mol. The van der Waals surface area contributed by atoms with Crippen LogP contribution in [0.2, 0.25) is 0 Å². The molecule has 1 fully saturated rings. The smallest absolute Gasteiger partial charge is 0.267 e. The minimum Gasteiger partial charge on any atom is -0.335 e. The van der Waals surface area contributed by atoms with E-state index in [0.29, 0.717) is 24.5 Å². The maximum Gasteiger partial charge on any atom is 0.267 e. The first kappa shape index (κ1) is 17.2. The summed E-state index contributed by atoms with van der Waals surface area (Å²) in [6.45, 7) is 5.21. The van der Waals surface area contributed by atoms with Crippen LogP contribution in [-0.2, 0) is 6.42 Å². The summed E-state index contributed by atoms with van der Waals surface area (Å²) in [5.41, 5.74) is 0.808. The molecule has 1 aliphatic rings. The molecule has 8 heteroatoms. The average molecular weight is 364 g/mol. The first-order valence-corrected chi connectivity index (χ1v) is 9.74. The minimum atomic E-state index is 0.0256. The van der Waals surface area contributed by atoms with Gasteiger partial charge in [0.25, 0.3) is 5.91 Å². The summed E-state index contributed by atoms with van der Waals surface area (Å²) in [6.07, 6.45) is 1.73. The van der Waals surface area contributed by atoms with Crippen LogP contribution in [0.1, 0.15) is 38.4 Å². The van der Waals surface area contributed by atoms with Crippen LogP contribution in [0, 0.1) is 0 Å². The maximum absolute atomic E-state index is 12.6. The Morgan fingerprint density at radius 3 is 2.71 bits per heavy atom. The molecule has 0 saturated carbocycles. The van der Waals surface area contributed by atoms with Gasteiger partial charge in [-0.1, -0.05) is 23.9 Å². The second-order valence-corrected chi connectivity index (χ2v) is 7.47. The Morgan fingerprint density at radius 2 is 2.04 bits per heavy atom. The summed E-state index contributed by atoms with van der Waals surface area (Å²) in [5, 5.41) is 5.99. The Morgan fingerprint density at radius 1 is 1.25 bits per heavy atom. The van der Waals surface area contributed by atoms with E-state index >= 15 is 0 Å². The van der Waals surface area contributed by atoms with Crippen LogP contribution in [0.5, 0.6) is 0 Å². The third kappa shape index (κ3) is 3.88. The first-order valence-electron chi connectivity index (χ1n) is 8.08. The van der Waals surface area contributed by atoms with Gasteiger partial charge in [0.05, 0.1) is 17.1 Å². The van der Waals surface area contributed by atoms with E-state index in [2.05, 4.69) is 21.4 Å². The number of aromatic nitrogens is 2. The molecule has 0 spiro atoms. The Labute approximate surface area is 149 Å². The van der Waals surface area contributed by atoms with Crippen molar-refractivity contribution in [3.05, 3.63) is 33.0 Å². The summed E-state index contributed by atoms with van der Waals surface area (Å²) in [4.78, 5) is 30.2. The SMILES string of the molecule is CCCc1nnsc1C(=O)N1CCN(CC(=O)c2cccs2)CC1. The zero-order valence-corrected chi connectivity index (χ0v) is 15.2. The van der Waals surface area contributed by atoms with Gasteiger partial charge in [0.15, 0.2) is 5.78 Å². The molecule has 6 nitrogen and oxygen atoms in total. The van der Waals surface area contributed by atoms with E-state index in [0.717, 1.165) is 36.5 Å². The van der Waals surface area contributed by atoms with Crippen molar-refractivity contribution >= 4 is 34.6 Å². The van der Waals surface area contributed by atoms with Crippen molar-refractivity contribution in [1.29, 1.82) is 0 Å². The van der Waals surface area contributed by atoms with Crippen LogP contribution in [0.4, 0.5) is 0 Å². The molecule has 0 atom stereocenters. The van der Waals surface area contributed by atoms with Crippen molar-refractivity contribution in [2.75, 3.05) is 32.7 Å². The van der Waals surface area contributed by atoms with E-state index in [4.69, 9.17) is 0 Å². The Bertz CT molecular complexity index is 691. The van der Waals surface area contributed by atoms with Gasteiger partial charge in [0.1, 0.15) is 4.88 Å². The molecule has 0 bridgehead atoms. The molecule has 24 heavy (non-hydrogen) atoms. The fraction of sp³-hybridized carbons (Fsp3) is 0.500. The predicted molar refractivity (Wildman–Crippen MR) is 94.9 cm³/mol. The van der Waals surface area contributed by atoms with Crippen LogP contribution < -0.4 is 0 Å². The summed E-state index contributed by atoms with van der Waals surface area (Å²) in [7, 11) is 0. The number of Topliss-reactive ketones (excluding diaryl/α,β-unsaturated/α-hetero) is 1. The molecule has 1 saturated heterocycles. The van der Waals surface area contributed by atoms with Gasteiger partial charge >= 0.3 is 0 Å². The fourth-order valence-electron chi connectivity index (χ4n) is 2.74. The molecule has 0 N–H and O–H groups in total. The van der Waals surface area contributed by atoms with E-state index in [1.54, 1.807) is 0 Å². The molecule has 1 aliphatic heterocycles. The number of hydrogen-bond donors (Lipinski definition) is 0. The fourth-order valence-corrected chi connectivity index (χ4v) is 4.08. The lowest BCUT2D eigenvalue weighted by molar-refractivity contribution is 0.0628. The largest absolute Gasteiger partial charge is 0.335 e. The maximum atomic E-state index is 12.6. The minimum absolute atomic E-state index is 0.0256. The Hall–Kier alpha value is -1.64. The number of nitrogens with zero attached hydrogens (tertiary/aromatic N) is 4. The quantitative estimate of drug-likeness (QED) is 0.735. The van der Waals surface area contributed by atoms with Crippen molar-refractivity contribution in [1.82, 2.24) is 19.4 Å². The lowest BCUT2D eigenvalue weighted by Gasteiger charge is -2.34. The zero-order chi connectivity index (χ0) is 16.9. The average Bonchev–Trinajstić information content (AvgIpc) is 3.27. The zero-order valence-electron chi connectivity index (χ0n) is 13.6. The second-order valence-electron chi connectivity index (χ2n) is 5.77. The lowest BCUT2D eigenvalue weighted by Crippen LogP contribution is -2.49. The van der Waals surface area contributed by atoms with E-state index in [9.17, 15) is 9.59 Å². The molecule has 128 valence electrons. The molecule has 1 amide bonds. The van der Waals surface area contributed by atoms with Crippen molar-refractivity contribution in [2.24, 2.45) is 0 Å². The van der Waals surface area contributed by atoms with Crippen LogP contribution in [0.3, 0.4) is 0 Å². The van der Waals surface area contributed by atoms with Gasteiger partial charge in [-0.15, -0.1) is 16.4 Å². The highest BCUT2D eigenvalue weighted by Crippen LogP contribution is 2.17. The van der Waals surface area contributed by atoms with Crippen molar-refractivity contribution in [3.8, 4) is 0 Å². The summed E-state index contributed by atoms with van der Waals surface area (Å²) in [5.74, 6) is 0.180. The molecule has 0 radical (unpaired) electrons. The number of aryl methyl sites for hydroxylation is 1. The number of carbonyl (C=O) groups excluding carboxylic acids is 2. The first-order chi connectivity index (χ1) is 11.7. The Kier molecular flexibility index (Phi) is 5.70. The number of hydrogen-bond acceptors (Lipinski definition) is 7. The van der Waals surface area contributed by atoms with Gasteiger partial charge in [-0.3, -0.25) is 14.5 Å². The molecule has 0 aliphatic carbocycles. The van der Waals surface area contributed by atoms with Gasteiger partial charge in [0, 0.05) is 26.2 Å². The summed E-state index contributed by atoms with van der Waals surface area (Å²) >= 11 is 2.66. The van der Waals surface area contributed by atoms with Gasteiger partial charge in [-0.25, -0.2) is 0 Å². The molecular weight excluding hydrogens is 344 g/mol. The molecule has 3 heterocycles. The normalized spacial score (nSPS) is 15.6. The van der Waals surface area contributed by atoms with Crippen LogP contribution >= 0.6 is 22.9 Å². The van der Waals surface area contributed by atoms with E-state index in [1.165, 1.54) is 22.9 Å². The van der Waals surface area contributed by atoms with Crippen LogP contribution in [-0.4, -0.2) is 63.8 Å². The van der Waals surface area contributed by atoms with Gasteiger partial charge in [0.2, 0.25) is 0 Å². The van der Waals surface area contributed by atoms with Gasteiger partial charge < -0.3 is 4.90 Å². The summed E-state index contributed by atoms with van der Waals surface area (Å²) < 4.78 is 3.93. The summed E-state index contributed by atoms with van der Waals surface area (Å²) in [6, 6.07) is 3.75. The highest BCUT2D eigenvalue weighted by molar-refractivity contribution is 7.12. The van der Waals surface area contributed by atoms with Crippen molar-refractivity contribution < 1.29 is 9.59 Å².